The Balaban J connectivity index is 1.95. The Morgan fingerprint density at radius 2 is 2.21 bits per heavy atom. The Hall–Kier alpha value is -0.900. The molecule has 3 nitrogen and oxygen atoms in total. The van der Waals surface area contributed by atoms with Crippen molar-refractivity contribution in [2.45, 2.75) is 38.3 Å². The summed E-state index contributed by atoms with van der Waals surface area (Å²) in [5.41, 5.74) is 2.74. The highest BCUT2D eigenvalue weighted by Gasteiger charge is 2.24. The molecule has 0 amide bonds. The molecule has 1 heterocycles. The molecule has 0 radical (unpaired) electrons. The third kappa shape index (κ3) is 3.56. The van der Waals surface area contributed by atoms with Gasteiger partial charge in [0.05, 0.1) is 6.61 Å². The molecule has 1 saturated heterocycles. The minimum absolute atomic E-state index is 0.300. The van der Waals surface area contributed by atoms with E-state index >= 15 is 0 Å². The SMILES string of the molecule is CNC(CCN1CCCC1CO)c1ccccc1C. The maximum absolute atomic E-state index is 9.36. The van der Waals surface area contributed by atoms with Crippen LogP contribution in [0.15, 0.2) is 24.3 Å². The van der Waals surface area contributed by atoms with Crippen LogP contribution in [-0.2, 0) is 0 Å². The maximum atomic E-state index is 9.36. The van der Waals surface area contributed by atoms with E-state index in [-0.39, 0.29) is 0 Å². The summed E-state index contributed by atoms with van der Waals surface area (Å²) in [6.07, 6.45) is 3.46. The highest BCUT2D eigenvalue weighted by Crippen LogP contribution is 2.23. The lowest BCUT2D eigenvalue weighted by molar-refractivity contribution is 0.154. The standard InChI is InChI=1S/C16H26N2O/c1-13-6-3-4-8-15(13)16(17-2)9-11-18-10-5-7-14(18)12-19/h3-4,6,8,14,16-17,19H,5,7,9-12H2,1-2H3. The molecule has 3 heteroatoms. The number of nitrogens with zero attached hydrogens (tertiary/aromatic N) is 1. The van der Waals surface area contributed by atoms with Gasteiger partial charge in [0.15, 0.2) is 0 Å². The van der Waals surface area contributed by atoms with Crippen LogP contribution in [0.4, 0.5) is 0 Å². The summed E-state index contributed by atoms with van der Waals surface area (Å²) in [7, 11) is 2.03. The van der Waals surface area contributed by atoms with Gasteiger partial charge >= 0.3 is 0 Å². The van der Waals surface area contributed by atoms with Gasteiger partial charge in [-0.25, -0.2) is 0 Å². The molecular formula is C16H26N2O. The molecule has 1 aromatic carbocycles. The molecule has 1 fully saturated rings. The van der Waals surface area contributed by atoms with Crippen LogP contribution in [0.3, 0.4) is 0 Å². The lowest BCUT2D eigenvalue weighted by Gasteiger charge is -2.26. The molecule has 1 aromatic rings. The first kappa shape index (κ1) is 14.5. The van der Waals surface area contributed by atoms with E-state index in [0.29, 0.717) is 18.7 Å². The van der Waals surface area contributed by atoms with E-state index in [1.165, 1.54) is 17.5 Å². The summed E-state index contributed by atoms with van der Waals surface area (Å²) in [6, 6.07) is 9.37. The van der Waals surface area contributed by atoms with Crippen molar-refractivity contribution in [2.24, 2.45) is 0 Å². The van der Waals surface area contributed by atoms with E-state index in [1.807, 2.05) is 7.05 Å². The van der Waals surface area contributed by atoms with Gasteiger partial charge in [0.25, 0.3) is 0 Å². The van der Waals surface area contributed by atoms with E-state index < -0.39 is 0 Å². The molecule has 106 valence electrons. The highest BCUT2D eigenvalue weighted by molar-refractivity contribution is 5.28. The van der Waals surface area contributed by atoms with Crippen molar-refractivity contribution >= 4 is 0 Å². The Labute approximate surface area is 116 Å². The fourth-order valence-corrected chi connectivity index (χ4v) is 3.12. The zero-order valence-electron chi connectivity index (χ0n) is 12.1. The zero-order chi connectivity index (χ0) is 13.7. The summed E-state index contributed by atoms with van der Waals surface area (Å²) < 4.78 is 0. The first-order chi connectivity index (χ1) is 9.26. The van der Waals surface area contributed by atoms with Gasteiger partial charge in [-0.05, 0) is 50.9 Å². The van der Waals surface area contributed by atoms with E-state index in [1.54, 1.807) is 0 Å². The molecule has 2 N–H and O–H groups in total. The molecule has 19 heavy (non-hydrogen) atoms. The van der Waals surface area contributed by atoms with Gasteiger partial charge in [0, 0.05) is 18.6 Å². The van der Waals surface area contributed by atoms with Crippen LogP contribution in [0.2, 0.25) is 0 Å². The molecule has 2 rings (SSSR count). The average Bonchev–Trinajstić information content (AvgIpc) is 2.88. The summed E-state index contributed by atoms with van der Waals surface area (Å²) in [5.74, 6) is 0. The van der Waals surface area contributed by atoms with E-state index in [4.69, 9.17) is 0 Å². The molecule has 0 saturated carbocycles. The number of likely N-dealkylation sites (tertiary alicyclic amines) is 1. The number of aliphatic hydroxyl groups excluding tert-OH is 1. The van der Waals surface area contributed by atoms with E-state index in [2.05, 4.69) is 41.4 Å². The number of hydrogen-bond acceptors (Lipinski definition) is 3. The van der Waals surface area contributed by atoms with Gasteiger partial charge in [0.2, 0.25) is 0 Å². The van der Waals surface area contributed by atoms with Crippen molar-refractivity contribution < 1.29 is 5.11 Å². The lowest BCUT2D eigenvalue weighted by atomic mass is 9.98. The van der Waals surface area contributed by atoms with Crippen molar-refractivity contribution in [3.63, 3.8) is 0 Å². The smallest absolute Gasteiger partial charge is 0.0586 e. The topological polar surface area (TPSA) is 35.5 Å². The summed E-state index contributed by atoms with van der Waals surface area (Å²) in [6.45, 7) is 4.67. The van der Waals surface area contributed by atoms with E-state index in [0.717, 1.165) is 25.9 Å². The molecule has 2 atom stereocenters. The van der Waals surface area contributed by atoms with Crippen LogP contribution >= 0.6 is 0 Å². The number of benzene rings is 1. The van der Waals surface area contributed by atoms with Gasteiger partial charge in [-0.15, -0.1) is 0 Å². The Morgan fingerprint density at radius 3 is 2.89 bits per heavy atom. The Morgan fingerprint density at radius 1 is 1.42 bits per heavy atom. The van der Waals surface area contributed by atoms with Crippen molar-refractivity contribution in [3.05, 3.63) is 35.4 Å². The normalized spacial score (nSPS) is 21.7. The molecule has 0 bridgehead atoms. The van der Waals surface area contributed by atoms with Crippen molar-refractivity contribution in [1.29, 1.82) is 0 Å². The summed E-state index contributed by atoms with van der Waals surface area (Å²) >= 11 is 0. The summed E-state index contributed by atoms with van der Waals surface area (Å²) in [4.78, 5) is 2.43. The molecule has 1 aliphatic heterocycles. The lowest BCUT2D eigenvalue weighted by Crippen LogP contribution is -2.34. The van der Waals surface area contributed by atoms with Gasteiger partial charge < -0.3 is 10.4 Å². The van der Waals surface area contributed by atoms with Crippen molar-refractivity contribution in [1.82, 2.24) is 10.2 Å². The first-order valence-corrected chi connectivity index (χ1v) is 7.34. The Kier molecular flexibility index (Phi) is 5.37. The monoisotopic (exact) mass is 262 g/mol. The largest absolute Gasteiger partial charge is 0.395 e. The number of nitrogens with one attached hydrogen (secondary N) is 1. The van der Waals surface area contributed by atoms with Gasteiger partial charge in [-0.3, -0.25) is 4.90 Å². The zero-order valence-corrected chi connectivity index (χ0v) is 12.1. The fourth-order valence-electron chi connectivity index (χ4n) is 3.12. The van der Waals surface area contributed by atoms with Gasteiger partial charge in [-0.2, -0.15) is 0 Å². The van der Waals surface area contributed by atoms with Crippen LogP contribution in [0, 0.1) is 6.92 Å². The van der Waals surface area contributed by atoms with Crippen LogP contribution in [0.1, 0.15) is 36.4 Å². The maximum Gasteiger partial charge on any atom is 0.0586 e. The predicted octanol–water partition coefficient (Wildman–Crippen LogP) is 2.10. The second-order valence-electron chi connectivity index (χ2n) is 5.50. The molecule has 1 aliphatic rings. The van der Waals surface area contributed by atoms with Crippen molar-refractivity contribution in [3.8, 4) is 0 Å². The molecule has 0 aliphatic carbocycles. The minimum atomic E-state index is 0.300. The van der Waals surface area contributed by atoms with Gasteiger partial charge in [-0.1, -0.05) is 24.3 Å². The number of aryl methyl sites for hydroxylation is 1. The predicted molar refractivity (Wildman–Crippen MR) is 79.3 cm³/mol. The first-order valence-electron chi connectivity index (χ1n) is 7.34. The molecule has 2 unspecified atom stereocenters. The second kappa shape index (κ2) is 7.04. The fraction of sp³-hybridized carbons (Fsp3) is 0.625. The van der Waals surface area contributed by atoms with Crippen LogP contribution in [-0.4, -0.2) is 42.8 Å². The minimum Gasteiger partial charge on any atom is -0.395 e. The molecule has 0 aromatic heterocycles. The second-order valence-corrected chi connectivity index (χ2v) is 5.50. The molecule has 0 spiro atoms. The summed E-state index contributed by atoms with van der Waals surface area (Å²) in [5, 5.41) is 12.8. The number of rotatable bonds is 6. The third-order valence-corrected chi connectivity index (χ3v) is 4.33. The quantitative estimate of drug-likeness (QED) is 0.824. The highest BCUT2D eigenvalue weighted by atomic mass is 16.3. The third-order valence-electron chi connectivity index (χ3n) is 4.33. The van der Waals surface area contributed by atoms with Crippen LogP contribution in [0.25, 0.3) is 0 Å². The van der Waals surface area contributed by atoms with Gasteiger partial charge in [0.1, 0.15) is 0 Å². The molecular weight excluding hydrogens is 236 g/mol. The number of hydrogen-bond donors (Lipinski definition) is 2. The van der Waals surface area contributed by atoms with Crippen molar-refractivity contribution in [2.75, 3.05) is 26.7 Å². The van der Waals surface area contributed by atoms with Crippen LogP contribution in [0.5, 0.6) is 0 Å². The average molecular weight is 262 g/mol. The van der Waals surface area contributed by atoms with E-state index in [9.17, 15) is 5.11 Å². The number of aliphatic hydroxyl groups is 1. The van der Waals surface area contributed by atoms with Crippen LogP contribution < -0.4 is 5.32 Å². The Bertz CT molecular complexity index is 394.